The van der Waals surface area contributed by atoms with Gasteiger partial charge in [-0.2, -0.15) is 0 Å². The van der Waals surface area contributed by atoms with Gasteiger partial charge in [0.2, 0.25) is 15.9 Å². The molecule has 1 aliphatic carbocycles. The van der Waals surface area contributed by atoms with Crippen molar-refractivity contribution in [1.82, 2.24) is 14.5 Å². The van der Waals surface area contributed by atoms with E-state index in [-0.39, 0.29) is 30.8 Å². The summed E-state index contributed by atoms with van der Waals surface area (Å²) in [6.45, 7) is 2.21. The molecule has 0 aromatic heterocycles. The molecule has 1 aliphatic heterocycles. The number of likely N-dealkylation sites (tertiary alicyclic amines) is 1. The van der Waals surface area contributed by atoms with Gasteiger partial charge in [-0.1, -0.05) is 18.9 Å². The molecule has 1 N–H and O–H groups in total. The summed E-state index contributed by atoms with van der Waals surface area (Å²) in [7, 11) is -0.823. The number of hydrogen-bond acceptors (Lipinski definition) is 4. The lowest BCUT2D eigenvalue weighted by Crippen LogP contribution is -2.53. The van der Waals surface area contributed by atoms with Crippen molar-refractivity contribution >= 4 is 28.3 Å². The van der Waals surface area contributed by atoms with Crippen molar-refractivity contribution in [3.63, 3.8) is 0 Å². The maximum Gasteiger partial charge on any atom is 0.243 e. The molecule has 29 heavy (non-hydrogen) atoms. The molecule has 6 nitrogen and oxygen atoms in total. The first-order chi connectivity index (χ1) is 13.3. The van der Waals surface area contributed by atoms with Crippen LogP contribution in [0.15, 0.2) is 23.1 Å². The molecule has 0 spiro atoms. The van der Waals surface area contributed by atoms with Gasteiger partial charge in [-0.3, -0.25) is 9.69 Å². The largest absolute Gasteiger partial charge is 0.341 e. The molecule has 3 rings (SSSR count). The van der Waals surface area contributed by atoms with Crippen LogP contribution in [0.4, 0.5) is 4.39 Å². The predicted octanol–water partition coefficient (Wildman–Crippen LogP) is 2.56. The summed E-state index contributed by atoms with van der Waals surface area (Å²) >= 11 is 0. The Bertz CT molecular complexity index is 815. The van der Waals surface area contributed by atoms with Gasteiger partial charge in [-0.05, 0) is 63.5 Å². The van der Waals surface area contributed by atoms with Crippen LogP contribution in [0.3, 0.4) is 0 Å². The summed E-state index contributed by atoms with van der Waals surface area (Å²) in [6.07, 6.45) is 6.93. The van der Waals surface area contributed by atoms with E-state index in [1.807, 2.05) is 11.9 Å². The standard InChI is InChI=1S/C20H30FN3O3S.ClH/c1-22-28(26,27)19-13-15(9-10-16(19)21)14-20(25)23(2)17-7-3-4-8-18(17)24-11-5-6-12-24;/h9-10,13,17-18,22H,3-8,11-12,14H2,1-2H3;1H. The lowest BCUT2D eigenvalue weighted by Gasteiger charge is -2.42. The molecule has 1 heterocycles. The van der Waals surface area contributed by atoms with Crippen LogP contribution in [0.25, 0.3) is 0 Å². The molecule has 1 aromatic carbocycles. The Morgan fingerprint density at radius 2 is 1.86 bits per heavy atom. The molecular weight excluding hydrogens is 417 g/mol. The van der Waals surface area contributed by atoms with E-state index in [1.165, 1.54) is 38.4 Å². The third-order valence-corrected chi connectivity index (χ3v) is 7.53. The number of carbonyl (C=O) groups is 1. The minimum Gasteiger partial charge on any atom is -0.341 e. The van der Waals surface area contributed by atoms with Crippen LogP contribution < -0.4 is 4.72 Å². The molecule has 9 heteroatoms. The second-order valence-corrected chi connectivity index (χ2v) is 9.67. The first-order valence-corrected chi connectivity index (χ1v) is 11.5. The second kappa shape index (κ2) is 10.2. The molecule has 1 saturated heterocycles. The molecule has 2 unspecified atom stereocenters. The Labute approximate surface area is 179 Å². The fraction of sp³-hybridized carbons (Fsp3) is 0.650. The normalized spacial score (nSPS) is 22.9. The number of sulfonamides is 1. The monoisotopic (exact) mass is 447 g/mol. The SMILES string of the molecule is CNS(=O)(=O)c1cc(CC(=O)N(C)C2CCCCC2N2CCCC2)ccc1F.Cl. The molecule has 2 aliphatic rings. The first kappa shape index (κ1) is 24.1. The summed E-state index contributed by atoms with van der Waals surface area (Å²) in [4.78, 5) is 16.9. The fourth-order valence-electron chi connectivity index (χ4n) is 4.50. The highest BCUT2D eigenvalue weighted by Gasteiger charge is 2.35. The van der Waals surface area contributed by atoms with Crippen molar-refractivity contribution in [2.24, 2.45) is 0 Å². The molecule has 164 valence electrons. The molecule has 0 bridgehead atoms. The average Bonchev–Trinajstić information content (AvgIpc) is 3.23. The molecule has 1 aromatic rings. The van der Waals surface area contributed by atoms with Gasteiger partial charge in [-0.15, -0.1) is 12.4 Å². The van der Waals surface area contributed by atoms with Crippen molar-refractivity contribution in [3.05, 3.63) is 29.6 Å². The summed E-state index contributed by atoms with van der Waals surface area (Å²) < 4.78 is 40.0. The van der Waals surface area contributed by atoms with Crippen LogP contribution in [0, 0.1) is 5.82 Å². The van der Waals surface area contributed by atoms with Gasteiger partial charge in [0.15, 0.2) is 0 Å². The summed E-state index contributed by atoms with van der Waals surface area (Å²) in [5.74, 6) is -0.879. The van der Waals surface area contributed by atoms with Crippen LogP contribution in [0.2, 0.25) is 0 Å². The first-order valence-electron chi connectivity index (χ1n) is 10.0. The Kier molecular flexibility index (Phi) is 8.46. The number of nitrogens with zero attached hydrogens (tertiary/aromatic N) is 2. The van der Waals surface area contributed by atoms with E-state index in [0.29, 0.717) is 11.6 Å². The van der Waals surface area contributed by atoms with Crippen LogP contribution >= 0.6 is 12.4 Å². The van der Waals surface area contributed by atoms with Gasteiger partial charge in [0, 0.05) is 19.1 Å². The minimum absolute atomic E-state index is 0. The van der Waals surface area contributed by atoms with E-state index in [4.69, 9.17) is 0 Å². The van der Waals surface area contributed by atoms with Crippen LogP contribution in [0.1, 0.15) is 44.1 Å². The van der Waals surface area contributed by atoms with Gasteiger partial charge >= 0.3 is 0 Å². The zero-order valence-electron chi connectivity index (χ0n) is 17.1. The smallest absolute Gasteiger partial charge is 0.243 e. The fourth-order valence-corrected chi connectivity index (χ4v) is 5.35. The van der Waals surface area contributed by atoms with Crippen LogP contribution in [-0.4, -0.2) is 63.4 Å². The van der Waals surface area contributed by atoms with Gasteiger partial charge in [0.25, 0.3) is 0 Å². The number of hydrogen-bond donors (Lipinski definition) is 1. The molecule has 2 fully saturated rings. The number of amides is 1. The number of carbonyl (C=O) groups excluding carboxylic acids is 1. The zero-order valence-corrected chi connectivity index (χ0v) is 18.7. The lowest BCUT2D eigenvalue weighted by molar-refractivity contribution is -0.133. The number of nitrogens with one attached hydrogen (secondary N) is 1. The quantitative estimate of drug-likeness (QED) is 0.727. The summed E-state index contributed by atoms with van der Waals surface area (Å²) in [5.41, 5.74) is 0.501. The van der Waals surface area contributed by atoms with E-state index < -0.39 is 20.7 Å². The lowest BCUT2D eigenvalue weighted by atomic mass is 9.88. The van der Waals surface area contributed by atoms with Gasteiger partial charge < -0.3 is 4.90 Å². The Balaban J connectivity index is 0.00000300. The predicted molar refractivity (Wildman–Crippen MR) is 113 cm³/mol. The minimum atomic E-state index is -3.90. The zero-order chi connectivity index (χ0) is 20.3. The summed E-state index contributed by atoms with van der Waals surface area (Å²) in [6, 6.07) is 4.43. The van der Waals surface area contributed by atoms with Crippen molar-refractivity contribution in [1.29, 1.82) is 0 Å². The van der Waals surface area contributed by atoms with Gasteiger partial charge in [0.1, 0.15) is 10.7 Å². The van der Waals surface area contributed by atoms with Crippen LogP contribution in [-0.2, 0) is 21.2 Å². The number of benzene rings is 1. The Morgan fingerprint density at radius 3 is 2.52 bits per heavy atom. The third kappa shape index (κ3) is 5.48. The van der Waals surface area contributed by atoms with Gasteiger partial charge in [-0.25, -0.2) is 17.5 Å². The van der Waals surface area contributed by atoms with Crippen LogP contribution in [0.5, 0.6) is 0 Å². The summed E-state index contributed by atoms with van der Waals surface area (Å²) in [5, 5.41) is 0. The molecular formula is C20H31ClFN3O3S. The van der Waals surface area contributed by atoms with Crippen molar-refractivity contribution in [2.45, 2.75) is 61.9 Å². The highest BCUT2D eigenvalue weighted by Crippen LogP contribution is 2.29. The highest BCUT2D eigenvalue weighted by atomic mass is 35.5. The average molecular weight is 448 g/mol. The van der Waals surface area contributed by atoms with Crippen molar-refractivity contribution in [3.8, 4) is 0 Å². The number of halogens is 2. The second-order valence-electron chi connectivity index (χ2n) is 7.82. The Hall–Kier alpha value is -1.22. The van der Waals surface area contributed by atoms with E-state index in [2.05, 4.69) is 9.62 Å². The highest BCUT2D eigenvalue weighted by molar-refractivity contribution is 7.89. The molecule has 1 saturated carbocycles. The molecule has 2 atom stereocenters. The topological polar surface area (TPSA) is 69.7 Å². The van der Waals surface area contributed by atoms with E-state index in [1.54, 1.807) is 0 Å². The van der Waals surface area contributed by atoms with Crippen molar-refractivity contribution < 1.29 is 17.6 Å². The number of likely N-dealkylation sites (N-methyl/N-ethyl adjacent to an activating group) is 1. The molecule has 0 radical (unpaired) electrons. The van der Waals surface area contributed by atoms with E-state index in [0.717, 1.165) is 38.4 Å². The van der Waals surface area contributed by atoms with Gasteiger partial charge in [0.05, 0.1) is 6.42 Å². The van der Waals surface area contributed by atoms with E-state index in [9.17, 15) is 17.6 Å². The third-order valence-electron chi connectivity index (χ3n) is 6.10. The molecule has 1 amide bonds. The van der Waals surface area contributed by atoms with E-state index >= 15 is 0 Å². The maximum absolute atomic E-state index is 13.9. The maximum atomic E-state index is 13.9. The number of rotatable bonds is 6. The van der Waals surface area contributed by atoms with Crippen molar-refractivity contribution in [2.75, 3.05) is 27.2 Å². The Morgan fingerprint density at radius 1 is 1.21 bits per heavy atom.